The van der Waals surface area contributed by atoms with Crippen LogP contribution in [-0.2, 0) is 16.1 Å². The van der Waals surface area contributed by atoms with Crippen LogP contribution in [0.2, 0.25) is 5.02 Å². The van der Waals surface area contributed by atoms with Gasteiger partial charge >= 0.3 is 6.18 Å². The van der Waals surface area contributed by atoms with Crippen LogP contribution in [0.4, 0.5) is 24.7 Å². The summed E-state index contributed by atoms with van der Waals surface area (Å²) in [5.41, 5.74) is 0.498. The molecule has 0 saturated carbocycles. The number of carbonyl (C=O) groups is 2. The number of aromatic nitrogens is 4. The maximum Gasteiger partial charge on any atom is 0.410 e. The Hall–Kier alpha value is -3.58. The molecule has 3 atom stereocenters. The van der Waals surface area contributed by atoms with Crippen molar-refractivity contribution in [3.05, 3.63) is 59.0 Å². The maximum absolute atomic E-state index is 13.9. The van der Waals surface area contributed by atoms with E-state index in [-0.39, 0.29) is 47.1 Å². The van der Waals surface area contributed by atoms with Gasteiger partial charge in [0.15, 0.2) is 11.7 Å². The van der Waals surface area contributed by atoms with Crippen LogP contribution in [0, 0.1) is 0 Å². The minimum absolute atomic E-state index is 0.0909. The summed E-state index contributed by atoms with van der Waals surface area (Å²) in [5.74, 6) is -1.22. The molecule has 3 N–H and O–H groups in total. The van der Waals surface area contributed by atoms with Crippen molar-refractivity contribution in [3.63, 3.8) is 0 Å². The van der Waals surface area contributed by atoms with E-state index in [1.54, 1.807) is 37.3 Å². The Morgan fingerprint density at radius 1 is 1.30 bits per heavy atom. The number of amides is 2. The molecule has 0 saturated heterocycles. The Labute approximate surface area is 215 Å². The first-order chi connectivity index (χ1) is 17.6. The van der Waals surface area contributed by atoms with Gasteiger partial charge < -0.3 is 20.7 Å². The monoisotopic (exact) mass is 539 g/mol. The Morgan fingerprint density at radius 2 is 2.03 bits per heavy atom. The van der Waals surface area contributed by atoms with Gasteiger partial charge in [0.2, 0.25) is 5.91 Å². The highest BCUT2D eigenvalue weighted by molar-refractivity contribution is 6.36. The number of ether oxygens (including phenoxy) is 1. The summed E-state index contributed by atoms with van der Waals surface area (Å²) in [6, 6.07) is 5.81. The van der Waals surface area contributed by atoms with E-state index in [0.29, 0.717) is 16.9 Å². The first-order valence-electron chi connectivity index (χ1n) is 11.3. The predicted molar refractivity (Wildman–Crippen MR) is 129 cm³/mol. The normalized spacial score (nSPS) is 18.0. The van der Waals surface area contributed by atoms with Gasteiger partial charge in [-0.15, -0.1) is 0 Å². The smallest absolute Gasteiger partial charge is 0.383 e. The van der Waals surface area contributed by atoms with Crippen LogP contribution in [0.5, 0.6) is 0 Å². The van der Waals surface area contributed by atoms with Gasteiger partial charge in [0.1, 0.15) is 17.4 Å². The molecule has 0 unspecified atom stereocenters. The van der Waals surface area contributed by atoms with Crippen LogP contribution in [0.3, 0.4) is 0 Å². The molecule has 3 aromatic rings. The Bertz CT molecular complexity index is 1260. The number of fused-ring (bicyclic) bond motifs is 1. The summed E-state index contributed by atoms with van der Waals surface area (Å²) in [4.78, 5) is 25.0. The average Bonchev–Trinajstić information content (AvgIpc) is 3.42. The van der Waals surface area contributed by atoms with Gasteiger partial charge in [-0.25, -0.2) is 4.68 Å². The second-order valence-electron chi connectivity index (χ2n) is 8.66. The van der Waals surface area contributed by atoms with Crippen molar-refractivity contribution in [2.24, 2.45) is 0 Å². The van der Waals surface area contributed by atoms with Gasteiger partial charge in [0.05, 0.1) is 24.5 Å². The van der Waals surface area contributed by atoms with Crippen LogP contribution in [-0.4, -0.2) is 57.3 Å². The molecule has 1 aromatic carbocycles. The molecule has 0 fully saturated rings. The summed E-state index contributed by atoms with van der Waals surface area (Å²) in [6.07, 6.45) is -2.23. The van der Waals surface area contributed by atoms with E-state index in [4.69, 9.17) is 16.3 Å². The highest BCUT2D eigenvalue weighted by Gasteiger charge is 2.47. The van der Waals surface area contributed by atoms with E-state index in [1.807, 2.05) is 0 Å². The molecular weight excluding hydrogens is 515 g/mol. The van der Waals surface area contributed by atoms with E-state index in [9.17, 15) is 22.8 Å². The lowest BCUT2D eigenvalue weighted by Gasteiger charge is -2.33. The molecule has 1 aliphatic rings. The van der Waals surface area contributed by atoms with Gasteiger partial charge in [0, 0.05) is 25.8 Å². The van der Waals surface area contributed by atoms with Gasteiger partial charge in [-0.3, -0.25) is 14.3 Å². The first-order valence-corrected chi connectivity index (χ1v) is 11.7. The Kier molecular flexibility index (Phi) is 7.73. The molecule has 0 spiro atoms. The van der Waals surface area contributed by atoms with Crippen molar-refractivity contribution in [1.82, 2.24) is 24.9 Å². The van der Waals surface area contributed by atoms with Gasteiger partial charge in [-0.05, 0) is 12.5 Å². The molecule has 1 aliphatic heterocycles. The molecule has 10 nitrogen and oxygen atoms in total. The van der Waals surface area contributed by atoms with Crippen molar-refractivity contribution in [2.45, 2.75) is 44.2 Å². The summed E-state index contributed by atoms with van der Waals surface area (Å²) in [7, 11) is 1.52. The Morgan fingerprint density at radius 3 is 2.70 bits per heavy atom. The number of nitrogens with zero attached hydrogens (tertiary/aromatic N) is 4. The molecule has 198 valence electrons. The molecular formula is C23H25ClF3N7O3. The van der Waals surface area contributed by atoms with Crippen LogP contribution < -0.4 is 16.0 Å². The highest BCUT2D eigenvalue weighted by atomic mass is 35.5. The number of anilines is 2. The number of hydrogen-bond acceptors (Lipinski definition) is 6. The predicted octanol–water partition coefficient (Wildman–Crippen LogP) is 3.80. The lowest BCUT2D eigenvalue weighted by atomic mass is 9.97. The molecule has 3 heterocycles. The number of methoxy groups -OCH3 is 1. The minimum atomic E-state index is -4.62. The molecule has 4 rings (SSSR count). The largest absolute Gasteiger partial charge is 0.410 e. The van der Waals surface area contributed by atoms with E-state index in [2.05, 4.69) is 26.1 Å². The van der Waals surface area contributed by atoms with E-state index in [1.165, 1.54) is 24.2 Å². The summed E-state index contributed by atoms with van der Waals surface area (Å²) < 4.78 is 48.8. The van der Waals surface area contributed by atoms with E-state index >= 15 is 0 Å². The zero-order valence-electron chi connectivity index (χ0n) is 19.9. The SMILES string of the molecule is COC[C@H](C)NC(=O)Cn1cc(NC(=O)c2nn3c(c2Cl)N[C@@H](c2ccccc2)C[C@@H]3C(F)(F)F)cn1. The average molecular weight is 540 g/mol. The molecule has 0 radical (unpaired) electrons. The fraction of sp³-hybridized carbons (Fsp3) is 0.391. The maximum atomic E-state index is 13.9. The standard InChI is InChI=1S/C23H25ClF3N7O3/c1-13(12-37-2)29-18(35)11-33-10-15(9-28-33)30-22(36)20-19(24)21-31-16(14-6-4-3-5-7-14)8-17(23(25,26)27)34(21)32-20/h3-7,9-10,13,16-17,31H,8,11-12H2,1-2H3,(H,29,35)(H,30,36)/t13-,16+,17+/m0/s1. The number of carbonyl (C=O) groups excluding carboxylic acids is 2. The summed E-state index contributed by atoms with van der Waals surface area (Å²) in [6.45, 7) is 2.02. The topological polar surface area (TPSA) is 115 Å². The van der Waals surface area contributed by atoms with Gasteiger partial charge in [0.25, 0.3) is 5.91 Å². The van der Waals surface area contributed by atoms with Crippen molar-refractivity contribution >= 4 is 34.9 Å². The fourth-order valence-corrected chi connectivity index (χ4v) is 4.37. The minimum Gasteiger partial charge on any atom is -0.383 e. The third-order valence-electron chi connectivity index (χ3n) is 5.73. The summed E-state index contributed by atoms with van der Waals surface area (Å²) >= 11 is 6.36. The quantitative estimate of drug-likeness (QED) is 0.401. The molecule has 2 amide bonds. The second-order valence-corrected chi connectivity index (χ2v) is 9.04. The number of alkyl halides is 3. The van der Waals surface area contributed by atoms with Crippen molar-refractivity contribution in [3.8, 4) is 0 Å². The number of nitrogens with one attached hydrogen (secondary N) is 3. The molecule has 0 bridgehead atoms. The highest BCUT2D eigenvalue weighted by Crippen LogP contribution is 2.46. The van der Waals surface area contributed by atoms with Crippen molar-refractivity contribution in [1.29, 1.82) is 0 Å². The van der Waals surface area contributed by atoms with Crippen LogP contribution in [0.1, 0.15) is 41.5 Å². The second kappa shape index (κ2) is 10.8. The summed E-state index contributed by atoms with van der Waals surface area (Å²) in [5, 5.41) is 15.9. The van der Waals surface area contributed by atoms with E-state index < -0.39 is 24.2 Å². The number of benzene rings is 1. The van der Waals surface area contributed by atoms with E-state index in [0.717, 1.165) is 0 Å². The molecule has 14 heteroatoms. The van der Waals surface area contributed by atoms with Crippen molar-refractivity contribution in [2.75, 3.05) is 24.4 Å². The lowest BCUT2D eigenvalue weighted by molar-refractivity contribution is -0.173. The van der Waals surface area contributed by atoms with Crippen molar-refractivity contribution < 1.29 is 27.5 Å². The third-order valence-corrected chi connectivity index (χ3v) is 6.09. The molecule has 2 aromatic heterocycles. The molecule has 0 aliphatic carbocycles. The lowest BCUT2D eigenvalue weighted by Crippen LogP contribution is -2.37. The van der Waals surface area contributed by atoms with Crippen LogP contribution in [0.15, 0.2) is 42.7 Å². The number of halogens is 4. The molecule has 37 heavy (non-hydrogen) atoms. The van der Waals surface area contributed by atoms with Crippen LogP contribution >= 0.6 is 11.6 Å². The number of hydrogen-bond donors (Lipinski definition) is 3. The van der Waals surface area contributed by atoms with Crippen LogP contribution in [0.25, 0.3) is 0 Å². The first kappa shape index (κ1) is 26.5. The Balaban J connectivity index is 1.51. The zero-order valence-corrected chi connectivity index (χ0v) is 20.7. The fourth-order valence-electron chi connectivity index (χ4n) is 4.10. The van der Waals surface area contributed by atoms with Gasteiger partial charge in [-0.1, -0.05) is 41.9 Å². The number of rotatable bonds is 8. The third kappa shape index (κ3) is 6.05. The zero-order chi connectivity index (χ0) is 26.7. The van der Waals surface area contributed by atoms with Gasteiger partial charge in [-0.2, -0.15) is 23.4 Å².